The van der Waals surface area contributed by atoms with Gasteiger partial charge in [0.1, 0.15) is 4.90 Å². The summed E-state index contributed by atoms with van der Waals surface area (Å²) in [5, 5.41) is 0.772. The van der Waals surface area contributed by atoms with Gasteiger partial charge in [0.05, 0.1) is 24.5 Å². The Bertz CT molecular complexity index is 1670. The molecule has 6 nitrogen and oxygen atoms in total. The fraction of sp³-hybridized carbons (Fsp3) is 0. The molecule has 36 heavy (non-hydrogen) atoms. The second kappa shape index (κ2) is 9.81. The summed E-state index contributed by atoms with van der Waals surface area (Å²) in [7, 11) is -13.7. The first kappa shape index (κ1) is 26.7. The third-order valence-electron chi connectivity index (χ3n) is 5.16. The number of hydrogen-bond acceptors (Lipinski definition) is 6. The van der Waals surface area contributed by atoms with Gasteiger partial charge in [-0.25, -0.2) is 25.3 Å². The number of sulfone groups is 3. The van der Waals surface area contributed by atoms with Gasteiger partial charge in [0, 0.05) is 15.1 Å². The molecule has 4 aromatic carbocycles. The first-order chi connectivity index (χ1) is 16.8. The Balaban J connectivity index is 2.09. The summed E-state index contributed by atoms with van der Waals surface area (Å²) in [6, 6.07) is 18.4. The maximum atomic E-state index is 13.8. The third kappa shape index (κ3) is 4.91. The van der Waals surface area contributed by atoms with Crippen LogP contribution in [0.4, 0.5) is 0 Å². The molecule has 0 fully saturated rings. The molecule has 0 radical (unpaired) electrons. The summed E-state index contributed by atoms with van der Waals surface area (Å²) in [5.74, 6) is 0. The molecule has 0 aliphatic rings. The molecule has 0 atom stereocenters. The molecule has 0 aromatic heterocycles. The van der Waals surface area contributed by atoms with E-state index in [4.69, 9.17) is 34.8 Å². The molecule has 0 N–H and O–H groups in total. The number of halogens is 3. The van der Waals surface area contributed by atoms with E-state index in [1.807, 2.05) is 0 Å². The first-order valence-corrected chi connectivity index (χ1v) is 15.6. The molecule has 0 aliphatic carbocycles. The minimum atomic E-state index is -4.68. The fourth-order valence-electron chi connectivity index (χ4n) is 3.40. The van der Waals surface area contributed by atoms with E-state index in [0.29, 0.717) is 0 Å². The highest BCUT2D eigenvalue weighted by molar-refractivity contribution is 7.96. The van der Waals surface area contributed by atoms with Crippen molar-refractivity contribution in [2.45, 2.75) is 29.4 Å². The molecule has 0 bridgehead atoms. The molecule has 0 saturated heterocycles. The quantitative estimate of drug-likeness (QED) is 0.263. The molecule has 0 saturated carbocycles. The molecular weight excluding hydrogens is 587 g/mol. The highest BCUT2D eigenvalue weighted by Crippen LogP contribution is 2.38. The third-order valence-corrected chi connectivity index (χ3v) is 11.7. The predicted molar refractivity (Wildman–Crippen MR) is 137 cm³/mol. The van der Waals surface area contributed by atoms with Crippen LogP contribution in [0.15, 0.2) is 120 Å². The molecule has 186 valence electrons. The van der Waals surface area contributed by atoms with E-state index in [0.717, 1.165) is 12.1 Å². The molecule has 0 heterocycles. The Morgan fingerprint density at radius 2 is 0.667 bits per heavy atom. The molecule has 0 aliphatic heterocycles. The Morgan fingerprint density at radius 1 is 0.389 bits per heavy atom. The maximum absolute atomic E-state index is 13.8. The van der Waals surface area contributed by atoms with Gasteiger partial charge in [-0.3, -0.25) is 0 Å². The topological polar surface area (TPSA) is 102 Å². The summed E-state index contributed by atoms with van der Waals surface area (Å²) in [4.78, 5) is -3.14. The standard InChI is InChI=1S/C24H15Cl3O6S3/c25-16-4-10-19(11-5-16)34(28,29)22-2-1-3-23(35(30,31)20-12-6-17(26)7-13-20)24(22)36(32,33)21-14-8-18(27)9-15-21/h1-15H. The van der Waals surface area contributed by atoms with Crippen molar-refractivity contribution in [1.29, 1.82) is 0 Å². The van der Waals surface area contributed by atoms with Crippen LogP contribution in [0.5, 0.6) is 0 Å². The molecule has 4 rings (SSSR count). The van der Waals surface area contributed by atoms with Gasteiger partial charge < -0.3 is 0 Å². The molecular formula is C24H15Cl3O6S3. The number of hydrogen-bond donors (Lipinski definition) is 0. The zero-order valence-electron chi connectivity index (χ0n) is 18.0. The van der Waals surface area contributed by atoms with Gasteiger partial charge >= 0.3 is 0 Å². The van der Waals surface area contributed by atoms with Crippen LogP contribution in [0, 0.1) is 0 Å². The maximum Gasteiger partial charge on any atom is 0.209 e. The summed E-state index contributed by atoms with van der Waals surface area (Å²) in [6.45, 7) is 0. The monoisotopic (exact) mass is 600 g/mol. The molecule has 4 aromatic rings. The van der Waals surface area contributed by atoms with Crippen LogP contribution in [-0.2, 0) is 29.5 Å². The van der Waals surface area contributed by atoms with E-state index >= 15 is 0 Å². The Morgan fingerprint density at radius 3 is 0.972 bits per heavy atom. The Kier molecular flexibility index (Phi) is 7.27. The Labute approximate surface area is 223 Å². The van der Waals surface area contributed by atoms with Crippen molar-refractivity contribution in [3.05, 3.63) is 106 Å². The zero-order valence-corrected chi connectivity index (χ0v) is 22.7. The first-order valence-electron chi connectivity index (χ1n) is 10.00. The van der Waals surface area contributed by atoms with E-state index in [1.54, 1.807) is 0 Å². The molecule has 0 spiro atoms. The van der Waals surface area contributed by atoms with Gasteiger partial charge in [0.15, 0.2) is 0 Å². The van der Waals surface area contributed by atoms with Crippen molar-refractivity contribution in [3.8, 4) is 0 Å². The lowest BCUT2D eigenvalue weighted by Crippen LogP contribution is -2.16. The SMILES string of the molecule is O=S(=O)(c1ccc(Cl)cc1)c1cccc(S(=O)(=O)c2ccc(Cl)cc2)c1S(=O)(=O)c1ccc(Cl)cc1. The lowest BCUT2D eigenvalue weighted by molar-refractivity contribution is 0.573. The van der Waals surface area contributed by atoms with E-state index in [-0.39, 0.29) is 29.8 Å². The van der Waals surface area contributed by atoms with Gasteiger partial charge in [-0.1, -0.05) is 40.9 Å². The van der Waals surface area contributed by atoms with Crippen LogP contribution >= 0.6 is 34.8 Å². The van der Waals surface area contributed by atoms with Crippen molar-refractivity contribution < 1.29 is 25.3 Å². The van der Waals surface area contributed by atoms with E-state index in [9.17, 15) is 25.3 Å². The molecule has 0 unspecified atom stereocenters. The van der Waals surface area contributed by atoms with E-state index in [1.165, 1.54) is 78.9 Å². The largest absolute Gasteiger partial charge is 0.218 e. The summed E-state index contributed by atoms with van der Waals surface area (Å²) >= 11 is 17.6. The summed E-state index contributed by atoms with van der Waals surface area (Å²) in [6.07, 6.45) is 0. The van der Waals surface area contributed by atoms with E-state index in [2.05, 4.69) is 0 Å². The smallest absolute Gasteiger partial charge is 0.209 e. The van der Waals surface area contributed by atoms with Gasteiger partial charge in [0.25, 0.3) is 0 Å². The van der Waals surface area contributed by atoms with Gasteiger partial charge in [-0.05, 0) is 84.9 Å². The van der Waals surface area contributed by atoms with Crippen LogP contribution in [-0.4, -0.2) is 25.3 Å². The van der Waals surface area contributed by atoms with Gasteiger partial charge in [-0.15, -0.1) is 0 Å². The van der Waals surface area contributed by atoms with Crippen LogP contribution in [0.25, 0.3) is 0 Å². The van der Waals surface area contributed by atoms with E-state index < -0.39 is 44.2 Å². The lowest BCUT2D eigenvalue weighted by atomic mass is 10.3. The minimum absolute atomic E-state index is 0.241. The van der Waals surface area contributed by atoms with Crippen molar-refractivity contribution in [2.75, 3.05) is 0 Å². The van der Waals surface area contributed by atoms with Crippen LogP contribution in [0.3, 0.4) is 0 Å². The van der Waals surface area contributed by atoms with Crippen LogP contribution in [0.1, 0.15) is 0 Å². The van der Waals surface area contributed by atoms with Gasteiger partial charge in [0.2, 0.25) is 29.5 Å². The average Bonchev–Trinajstić information content (AvgIpc) is 2.84. The second-order valence-electron chi connectivity index (χ2n) is 7.46. The predicted octanol–water partition coefficient (Wildman–Crippen LogP) is 6.15. The summed E-state index contributed by atoms with van der Waals surface area (Å²) in [5.41, 5.74) is 0. The van der Waals surface area contributed by atoms with Crippen molar-refractivity contribution in [3.63, 3.8) is 0 Å². The highest BCUT2D eigenvalue weighted by atomic mass is 35.5. The second-order valence-corrected chi connectivity index (χ2v) is 14.5. The zero-order chi connectivity index (χ0) is 26.3. The van der Waals surface area contributed by atoms with Crippen molar-refractivity contribution in [1.82, 2.24) is 0 Å². The lowest BCUT2D eigenvalue weighted by Gasteiger charge is -2.16. The van der Waals surface area contributed by atoms with Crippen LogP contribution in [0.2, 0.25) is 15.1 Å². The van der Waals surface area contributed by atoms with Gasteiger partial charge in [-0.2, -0.15) is 0 Å². The van der Waals surface area contributed by atoms with Crippen LogP contribution < -0.4 is 0 Å². The normalized spacial score (nSPS) is 12.4. The number of benzene rings is 4. The Hall–Kier alpha value is -2.40. The number of rotatable bonds is 6. The average molecular weight is 602 g/mol. The van der Waals surface area contributed by atoms with Crippen molar-refractivity contribution in [2.24, 2.45) is 0 Å². The highest BCUT2D eigenvalue weighted by Gasteiger charge is 2.36. The summed E-state index contributed by atoms with van der Waals surface area (Å²) < 4.78 is 82.1. The molecule has 12 heteroatoms. The van der Waals surface area contributed by atoms with Crippen molar-refractivity contribution >= 4 is 64.3 Å². The minimum Gasteiger partial charge on any atom is -0.218 e. The fourth-order valence-corrected chi connectivity index (χ4v) is 9.27. The molecule has 0 amide bonds.